The fourth-order valence-electron chi connectivity index (χ4n) is 1.95. The summed E-state index contributed by atoms with van der Waals surface area (Å²) in [6, 6.07) is 7.60. The maximum atomic E-state index is 12.3. The molecule has 0 aliphatic heterocycles. The van der Waals surface area contributed by atoms with Crippen molar-refractivity contribution in [3.63, 3.8) is 0 Å². The molecule has 0 heterocycles. The third-order valence-electron chi connectivity index (χ3n) is 3.13. The Morgan fingerprint density at radius 1 is 0.840 bits per heavy atom. The lowest BCUT2D eigenvalue weighted by molar-refractivity contribution is 0.0696. The smallest absolute Gasteiger partial charge is 0.335 e. The van der Waals surface area contributed by atoms with Crippen molar-refractivity contribution >= 4 is 33.6 Å². The van der Waals surface area contributed by atoms with Gasteiger partial charge in [-0.1, -0.05) is 0 Å². The Morgan fingerprint density at radius 3 is 1.72 bits per heavy atom. The van der Waals surface area contributed by atoms with E-state index in [-0.39, 0.29) is 27.3 Å². The molecule has 130 valence electrons. The number of benzene rings is 2. The zero-order chi connectivity index (χ0) is 18.8. The predicted molar refractivity (Wildman–Crippen MR) is 86.1 cm³/mol. The lowest BCUT2D eigenvalue weighted by atomic mass is 10.1. The lowest BCUT2D eigenvalue weighted by Gasteiger charge is -2.10. The number of hydrogen-bond acceptors (Lipinski definition) is 5. The van der Waals surface area contributed by atoms with E-state index < -0.39 is 27.9 Å². The van der Waals surface area contributed by atoms with Crippen molar-refractivity contribution in [1.82, 2.24) is 0 Å². The molecule has 2 rings (SSSR count). The molecule has 25 heavy (non-hydrogen) atoms. The highest BCUT2D eigenvalue weighted by molar-refractivity contribution is 7.92. The number of primary amides is 1. The normalized spacial score (nSPS) is 10.9. The van der Waals surface area contributed by atoms with Gasteiger partial charge in [0, 0.05) is 5.56 Å². The van der Waals surface area contributed by atoms with Crippen LogP contribution in [0.15, 0.2) is 47.4 Å². The highest BCUT2D eigenvalue weighted by Crippen LogP contribution is 2.20. The van der Waals surface area contributed by atoms with E-state index in [2.05, 4.69) is 4.72 Å². The van der Waals surface area contributed by atoms with Gasteiger partial charge in [0.15, 0.2) is 0 Å². The summed E-state index contributed by atoms with van der Waals surface area (Å²) in [4.78, 5) is 32.9. The van der Waals surface area contributed by atoms with E-state index in [9.17, 15) is 22.8 Å². The second-order valence-electron chi connectivity index (χ2n) is 4.90. The Hall–Kier alpha value is -3.40. The van der Waals surface area contributed by atoms with Crippen molar-refractivity contribution < 1.29 is 33.0 Å². The van der Waals surface area contributed by atoms with E-state index in [1.54, 1.807) is 0 Å². The molecular formula is C15H12N2O7S. The minimum absolute atomic E-state index is 0.111. The number of carboxylic acids is 2. The first-order valence-corrected chi connectivity index (χ1v) is 8.13. The van der Waals surface area contributed by atoms with Crippen molar-refractivity contribution in [2.45, 2.75) is 4.90 Å². The molecule has 10 heteroatoms. The molecule has 0 spiro atoms. The second kappa shape index (κ2) is 6.61. The molecule has 0 aliphatic rings. The zero-order valence-corrected chi connectivity index (χ0v) is 13.3. The van der Waals surface area contributed by atoms with Gasteiger partial charge in [-0.05, 0) is 42.5 Å². The summed E-state index contributed by atoms with van der Waals surface area (Å²) < 4.78 is 26.7. The molecule has 2 aromatic rings. The van der Waals surface area contributed by atoms with Gasteiger partial charge in [-0.15, -0.1) is 0 Å². The summed E-state index contributed by atoms with van der Waals surface area (Å²) in [5, 5.41) is 18.0. The van der Waals surface area contributed by atoms with Gasteiger partial charge in [-0.25, -0.2) is 18.0 Å². The first-order valence-electron chi connectivity index (χ1n) is 6.64. The first kappa shape index (κ1) is 17.9. The van der Waals surface area contributed by atoms with Crippen LogP contribution in [0.3, 0.4) is 0 Å². The number of carbonyl (C=O) groups excluding carboxylic acids is 1. The molecule has 1 amide bonds. The van der Waals surface area contributed by atoms with Crippen molar-refractivity contribution in [2.24, 2.45) is 5.73 Å². The maximum absolute atomic E-state index is 12.3. The van der Waals surface area contributed by atoms with Crippen LogP contribution in [-0.2, 0) is 10.0 Å². The van der Waals surface area contributed by atoms with Crippen LogP contribution in [0.1, 0.15) is 31.1 Å². The Balaban J connectivity index is 2.41. The summed E-state index contributed by atoms with van der Waals surface area (Å²) in [6.07, 6.45) is 0. The molecule has 0 saturated carbocycles. The van der Waals surface area contributed by atoms with Gasteiger partial charge >= 0.3 is 11.9 Å². The number of aromatic carboxylic acids is 2. The van der Waals surface area contributed by atoms with E-state index in [0.717, 1.165) is 30.3 Å². The van der Waals surface area contributed by atoms with Gasteiger partial charge in [0.25, 0.3) is 10.0 Å². The minimum atomic E-state index is -4.13. The van der Waals surface area contributed by atoms with E-state index in [1.807, 2.05) is 0 Å². The highest BCUT2D eigenvalue weighted by atomic mass is 32.2. The standard InChI is InChI=1S/C15H12N2O7S/c16-13(18)8-1-3-12(4-2-8)25(23,24)17-11-6-9(14(19)20)5-10(7-11)15(21)22/h1-7,17H,(H2,16,18)(H,19,20)(H,21,22). The second-order valence-corrected chi connectivity index (χ2v) is 6.59. The Kier molecular flexibility index (Phi) is 4.75. The first-order chi connectivity index (χ1) is 11.6. The van der Waals surface area contributed by atoms with Crippen molar-refractivity contribution in [2.75, 3.05) is 4.72 Å². The number of sulfonamides is 1. The molecular weight excluding hydrogens is 352 g/mol. The molecule has 0 unspecified atom stereocenters. The van der Waals surface area contributed by atoms with E-state index >= 15 is 0 Å². The van der Waals surface area contributed by atoms with Crippen molar-refractivity contribution in [1.29, 1.82) is 0 Å². The summed E-state index contributed by atoms with van der Waals surface area (Å²) in [6.45, 7) is 0. The van der Waals surface area contributed by atoms with Crippen LogP contribution < -0.4 is 10.5 Å². The number of nitrogens with one attached hydrogen (secondary N) is 1. The predicted octanol–water partition coefficient (Wildman–Crippen LogP) is 0.983. The summed E-state index contributed by atoms with van der Waals surface area (Å²) in [5.41, 5.74) is 4.18. The number of hydrogen-bond donors (Lipinski definition) is 4. The van der Waals surface area contributed by atoms with Crippen LogP contribution >= 0.6 is 0 Å². The Labute approximate surface area is 141 Å². The van der Waals surface area contributed by atoms with Gasteiger partial charge in [-0.2, -0.15) is 0 Å². The van der Waals surface area contributed by atoms with Crippen LogP contribution in [0.4, 0.5) is 5.69 Å². The SMILES string of the molecule is NC(=O)c1ccc(S(=O)(=O)Nc2cc(C(=O)O)cc(C(=O)O)c2)cc1. The molecule has 0 bridgehead atoms. The molecule has 0 fully saturated rings. The molecule has 9 nitrogen and oxygen atoms in total. The molecule has 0 aromatic heterocycles. The Bertz CT molecular complexity index is 934. The van der Waals surface area contributed by atoms with Crippen LogP contribution in [0.2, 0.25) is 0 Å². The van der Waals surface area contributed by atoms with Crippen LogP contribution in [0.5, 0.6) is 0 Å². The number of rotatable bonds is 6. The van der Waals surface area contributed by atoms with Crippen LogP contribution in [-0.4, -0.2) is 36.5 Å². The summed E-state index contributed by atoms with van der Waals surface area (Å²) >= 11 is 0. The topological polar surface area (TPSA) is 164 Å². The summed E-state index contributed by atoms with van der Waals surface area (Å²) in [5.74, 6) is -3.54. The zero-order valence-electron chi connectivity index (χ0n) is 12.5. The van der Waals surface area contributed by atoms with E-state index in [0.29, 0.717) is 0 Å². The number of carboxylic acid groups (broad SMARTS) is 2. The van der Waals surface area contributed by atoms with Crippen LogP contribution in [0, 0.1) is 0 Å². The fraction of sp³-hybridized carbons (Fsp3) is 0. The van der Waals surface area contributed by atoms with E-state index in [1.165, 1.54) is 12.1 Å². The number of nitrogens with two attached hydrogens (primary N) is 1. The molecule has 2 aromatic carbocycles. The van der Waals surface area contributed by atoms with Crippen molar-refractivity contribution in [3.8, 4) is 0 Å². The Morgan fingerprint density at radius 2 is 1.32 bits per heavy atom. The third-order valence-corrected chi connectivity index (χ3v) is 4.53. The maximum Gasteiger partial charge on any atom is 0.335 e. The van der Waals surface area contributed by atoms with Gasteiger partial charge in [0.05, 0.1) is 21.7 Å². The lowest BCUT2D eigenvalue weighted by Crippen LogP contribution is -2.15. The molecule has 0 radical (unpaired) electrons. The summed E-state index contributed by atoms with van der Waals surface area (Å²) in [7, 11) is -4.13. The quantitative estimate of drug-likeness (QED) is 0.593. The van der Waals surface area contributed by atoms with Crippen LogP contribution in [0.25, 0.3) is 0 Å². The molecule has 5 N–H and O–H groups in total. The number of anilines is 1. The minimum Gasteiger partial charge on any atom is -0.478 e. The van der Waals surface area contributed by atoms with Gasteiger partial charge in [0.1, 0.15) is 0 Å². The largest absolute Gasteiger partial charge is 0.478 e. The fourth-order valence-corrected chi connectivity index (χ4v) is 2.99. The number of amides is 1. The average Bonchev–Trinajstić information content (AvgIpc) is 2.54. The monoisotopic (exact) mass is 364 g/mol. The van der Waals surface area contributed by atoms with Gasteiger partial charge in [-0.3, -0.25) is 9.52 Å². The third kappa shape index (κ3) is 4.12. The van der Waals surface area contributed by atoms with Crippen molar-refractivity contribution in [3.05, 3.63) is 59.2 Å². The molecule has 0 aliphatic carbocycles. The van der Waals surface area contributed by atoms with E-state index in [4.69, 9.17) is 15.9 Å². The molecule has 0 saturated heterocycles. The van der Waals surface area contributed by atoms with Gasteiger partial charge in [0.2, 0.25) is 5.91 Å². The average molecular weight is 364 g/mol. The molecule has 0 atom stereocenters. The highest BCUT2D eigenvalue weighted by Gasteiger charge is 2.18. The van der Waals surface area contributed by atoms with Gasteiger partial charge < -0.3 is 15.9 Å². The number of carbonyl (C=O) groups is 3.